The van der Waals surface area contributed by atoms with Crippen LogP contribution in [-0.4, -0.2) is 5.97 Å². The van der Waals surface area contributed by atoms with Gasteiger partial charge >= 0.3 is 12.1 Å². The van der Waals surface area contributed by atoms with Crippen LogP contribution < -0.4 is 4.74 Å². The fourth-order valence-corrected chi connectivity index (χ4v) is 1.99. The summed E-state index contributed by atoms with van der Waals surface area (Å²) >= 11 is 0. The van der Waals surface area contributed by atoms with E-state index in [1.165, 1.54) is 18.2 Å². The van der Waals surface area contributed by atoms with Gasteiger partial charge < -0.3 is 4.74 Å². The fraction of sp³-hybridized carbons (Fsp3) is 0.357. The standard InChI is InChI=1S/C14H13F3O2/c15-14(16,17)11-8-4-5-9-12(11)19-13(18)10-6-2-1-3-7-10/h1-2,4-5,8-10H,3,6-7H2. The molecule has 1 aromatic carbocycles. The molecule has 0 amide bonds. The first-order chi connectivity index (χ1) is 8.98. The number of carbonyl (C=O) groups excluding carboxylic acids is 1. The first kappa shape index (κ1) is 13.6. The van der Waals surface area contributed by atoms with Crippen molar-refractivity contribution in [2.45, 2.75) is 25.4 Å². The van der Waals surface area contributed by atoms with Crippen LogP contribution in [0.25, 0.3) is 0 Å². The summed E-state index contributed by atoms with van der Waals surface area (Å²) in [6.07, 6.45) is 1.17. The second-order valence-corrected chi connectivity index (χ2v) is 4.40. The number of ether oxygens (including phenoxy) is 1. The highest BCUT2D eigenvalue weighted by molar-refractivity contribution is 5.76. The predicted octanol–water partition coefficient (Wildman–Crippen LogP) is 3.97. The zero-order valence-electron chi connectivity index (χ0n) is 10.1. The van der Waals surface area contributed by atoms with E-state index in [0.29, 0.717) is 12.8 Å². The van der Waals surface area contributed by atoms with Gasteiger partial charge in [-0.15, -0.1) is 0 Å². The maximum absolute atomic E-state index is 12.7. The molecule has 0 fully saturated rings. The third-order valence-corrected chi connectivity index (χ3v) is 3.01. The van der Waals surface area contributed by atoms with Gasteiger partial charge in [-0.3, -0.25) is 4.79 Å². The topological polar surface area (TPSA) is 26.3 Å². The summed E-state index contributed by atoms with van der Waals surface area (Å²) in [5, 5.41) is 0. The summed E-state index contributed by atoms with van der Waals surface area (Å²) in [7, 11) is 0. The lowest BCUT2D eigenvalue weighted by atomic mass is 9.95. The number of hydrogen-bond acceptors (Lipinski definition) is 2. The van der Waals surface area contributed by atoms with Gasteiger partial charge in [-0.25, -0.2) is 0 Å². The van der Waals surface area contributed by atoms with Gasteiger partial charge in [-0.2, -0.15) is 13.2 Å². The predicted molar refractivity (Wildman–Crippen MR) is 63.6 cm³/mol. The monoisotopic (exact) mass is 270 g/mol. The van der Waals surface area contributed by atoms with E-state index in [1.807, 2.05) is 12.2 Å². The average molecular weight is 270 g/mol. The lowest BCUT2D eigenvalue weighted by molar-refractivity contribution is -0.144. The Kier molecular flexibility index (Phi) is 3.93. The molecule has 1 aliphatic carbocycles. The minimum absolute atomic E-state index is 0.355. The van der Waals surface area contributed by atoms with Crippen LogP contribution in [0.15, 0.2) is 36.4 Å². The molecular formula is C14H13F3O2. The molecule has 0 heterocycles. The number of halogens is 3. The molecule has 5 heteroatoms. The number of esters is 1. The summed E-state index contributed by atoms with van der Waals surface area (Å²) in [5.41, 5.74) is -0.922. The lowest BCUT2D eigenvalue weighted by Gasteiger charge is -2.18. The van der Waals surface area contributed by atoms with Gasteiger partial charge in [0.2, 0.25) is 0 Å². The number of para-hydroxylation sites is 1. The van der Waals surface area contributed by atoms with Crippen molar-refractivity contribution in [3.05, 3.63) is 42.0 Å². The van der Waals surface area contributed by atoms with Crippen molar-refractivity contribution in [2.24, 2.45) is 5.92 Å². The number of rotatable bonds is 2. The molecule has 1 unspecified atom stereocenters. The first-order valence-electron chi connectivity index (χ1n) is 6.01. The van der Waals surface area contributed by atoms with Crippen molar-refractivity contribution in [3.8, 4) is 5.75 Å². The Labute approximate surface area is 108 Å². The second kappa shape index (κ2) is 5.47. The van der Waals surface area contributed by atoms with Crippen LogP contribution in [0.3, 0.4) is 0 Å². The molecule has 0 N–H and O–H groups in total. The lowest BCUT2D eigenvalue weighted by Crippen LogP contribution is -2.22. The third kappa shape index (κ3) is 3.36. The molecule has 1 aromatic rings. The molecule has 1 atom stereocenters. The molecule has 0 aromatic heterocycles. The van der Waals surface area contributed by atoms with E-state index in [9.17, 15) is 18.0 Å². The van der Waals surface area contributed by atoms with Gasteiger partial charge in [-0.05, 0) is 31.4 Å². The number of alkyl halides is 3. The quantitative estimate of drug-likeness (QED) is 0.462. The molecule has 0 saturated carbocycles. The summed E-state index contributed by atoms with van der Waals surface area (Å²) in [5.74, 6) is -1.37. The highest BCUT2D eigenvalue weighted by Gasteiger charge is 2.35. The minimum Gasteiger partial charge on any atom is -0.426 e. The normalized spacial score (nSPS) is 19.2. The van der Waals surface area contributed by atoms with E-state index in [0.717, 1.165) is 12.5 Å². The number of carbonyl (C=O) groups is 1. The highest BCUT2D eigenvalue weighted by Crippen LogP contribution is 2.36. The molecule has 0 bridgehead atoms. The summed E-state index contributed by atoms with van der Waals surface area (Å²) in [6, 6.07) is 4.75. The molecule has 2 nitrogen and oxygen atoms in total. The second-order valence-electron chi connectivity index (χ2n) is 4.40. The third-order valence-electron chi connectivity index (χ3n) is 3.01. The molecule has 0 aliphatic heterocycles. The zero-order chi connectivity index (χ0) is 13.9. The van der Waals surface area contributed by atoms with E-state index in [1.54, 1.807) is 0 Å². The Balaban J connectivity index is 2.15. The van der Waals surface area contributed by atoms with Crippen molar-refractivity contribution in [1.29, 1.82) is 0 Å². The van der Waals surface area contributed by atoms with Gasteiger partial charge in [-0.1, -0.05) is 24.3 Å². The van der Waals surface area contributed by atoms with Crippen LogP contribution in [0.2, 0.25) is 0 Å². The average Bonchev–Trinajstić information content (AvgIpc) is 2.39. The maximum atomic E-state index is 12.7. The Hall–Kier alpha value is -1.78. The maximum Gasteiger partial charge on any atom is 0.419 e. The number of benzene rings is 1. The number of allylic oxidation sites excluding steroid dienone is 2. The first-order valence-corrected chi connectivity index (χ1v) is 6.01. The summed E-state index contributed by atoms with van der Waals surface area (Å²) < 4.78 is 43.1. The van der Waals surface area contributed by atoms with Gasteiger partial charge in [0, 0.05) is 0 Å². The van der Waals surface area contributed by atoms with E-state index in [-0.39, 0.29) is 5.92 Å². The molecule has 0 spiro atoms. The van der Waals surface area contributed by atoms with E-state index < -0.39 is 23.5 Å². The van der Waals surface area contributed by atoms with Crippen LogP contribution in [0, 0.1) is 5.92 Å². The molecule has 0 saturated heterocycles. The van der Waals surface area contributed by atoms with Crippen molar-refractivity contribution in [3.63, 3.8) is 0 Å². The number of hydrogen-bond donors (Lipinski definition) is 0. The fourth-order valence-electron chi connectivity index (χ4n) is 1.99. The Bertz CT molecular complexity index is 492. The van der Waals surface area contributed by atoms with Gasteiger partial charge in [0.25, 0.3) is 0 Å². The van der Waals surface area contributed by atoms with Crippen LogP contribution in [0.1, 0.15) is 24.8 Å². The molecule has 0 radical (unpaired) electrons. The van der Waals surface area contributed by atoms with Crippen LogP contribution in [0.5, 0.6) is 5.75 Å². The molecular weight excluding hydrogens is 257 g/mol. The molecule has 19 heavy (non-hydrogen) atoms. The summed E-state index contributed by atoms with van der Waals surface area (Å²) in [6.45, 7) is 0. The summed E-state index contributed by atoms with van der Waals surface area (Å²) in [4.78, 5) is 11.8. The molecule has 1 aliphatic rings. The Morgan fingerprint density at radius 2 is 1.95 bits per heavy atom. The van der Waals surface area contributed by atoms with Gasteiger partial charge in [0.05, 0.1) is 11.5 Å². The van der Waals surface area contributed by atoms with Gasteiger partial charge in [0.15, 0.2) is 0 Å². The van der Waals surface area contributed by atoms with Crippen LogP contribution >= 0.6 is 0 Å². The van der Waals surface area contributed by atoms with E-state index in [2.05, 4.69) is 0 Å². The smallest absolute Gasteiger partial charge is 0.419 e. The van der Waals surface area contributed by atoms with Crippen molar-refractivity contribution < 1.29 is 22.7 Å². The largest absolute Gasteiger partial charge is 0.426 e. The van der Waals surface area contributed by atoms with E-state index >= 15 is 0 Å². The SMILES string of the molecule is O=C(Oc1ccccc1C(F)(F)F)C1CC=CCC1. The Morgan fingerprint density at radius 3 is 2.58 bits per heavy atom. The zero-order valence-corrected chi connectivity index (χ0v) is 10.1. The van der Waals surface area contributed by atoms with E-state index in [4.69, 9.17) is 4.74 Å². The van der Waals surface area contributed by atoms with Crippen molar-refractivity contribution in [2.75, 3.05) is 0 Å². The van der Waals surface area contributed by atoms with Crippen LogP contribution in [0.4, 0.5) is 13.2 Å². The molecule has 102 valence electrons. The van der Waals surface area contributed by atoms with Crippen LogP contribution in [-0.2, 0) is 11.0 Å². The van der Waals surface area contributed by atoms with Gasteiger partial charge in [0.1, 0.15) is 5.75 Å². The Morgan fingerprint density at radius 1 is 1.21 bits per heavy atom. The molecule has 2 rings (SSSR count). The van der Waals surface area contributed by atoms with Crippen molar-refractivity contribution in [1.82, 2.24) is 0 Å². The minimum atomic E-state index is -4.52. The highest BCUT2D eigenvalue weighted by atomic mass is 19.4. The van der Waals surface area contributed by atoms with Crippen molar-refractivity contribution >= 4 is 5.97 Å².